The van der Waals surface area contributed by atoms with E-state index in [0.717, 1.165) is 11.4 Å². The van der Waals surface area contributed by atoms with Gasteiger partial charge in [-0.2, -0.15) is 5.26 Å². The lowest BCUT2D eigenvalue weighted by molar-refractivity contribution is -0.125. The zero-order chi connectivity index (χ0) is 19.3. The number of halogens is 2. The van der Waals surface area contributed by atoms with E-state index >= 15 is 0 Å². The molecule has 2 aromatic heterocycles. The number of nitriles is 1. The molecule has 0 bridgehead atoms. The number of imidazole rings is 1. The molecule has 8 heteroatoms. The molecule has 1 aliphatic heterocycles. The van der Waals surface area contributed by atoms with Crippen molar-refractivity contribution in [2.75, 3.05) is 4.90 Å². The van der Waals surface area contributed by atoms with E-state index in [1.807, 2.05) is 6.92 Å². The number of carbonyl (C=O) groups is 1. The second-order valence-electron chi connectivity index (χ2n) is 6.32. The third-order valence-corrected chi connectivity index (χ3v) is 5.00. The Morgan fingerprint density at radius 1 is 1.41 bits per heavy atom. The minimum Gasteiger partial charge on any atom is -0.476 e. The second-order valence-corrected chi connectivity index (χ2v) is 7.24. The summed E-state index contributed by atoms with van der Waals surface area (Å²) in [5.74, 6) is -0.759. The molecule has 0 aliphatic carbocycles. The third kappa shape index (κ3) is 2.84. The van der Waals surface area contributed by atoms with Crippen LogP contribution in [0.25, 0.3) is 5.65 Å². The van der Waals surface area contributed by atoms with Gasteiger partial charge in [0.05, 0.1) is 29.2 Å². The summed E-state index contributed by atoms with van der Waals surface area (Å²) in [7, 11) is 0. The number of pyridine rings is 1. The molecule has 1 atom stereocenters. The van der Waals surface area contributed by atoms with Crippen LogP contribution >= 0.6 is 15.9 Å². The molecule has 27 heavy (non-hydrogen) atoms. The van der Waals surface area contributed by atoms with Gasteiger partial charge < -0.3 is 9.14 Å². The summed E-state index contributed by atoms with van der Waals surface area (Å²) >= 11 is 3.27. The Morgan fingerprint density at radius 3 is 2.93 bits per heavy atom. The van der Waals surface area contributed by atoms with Gasteiger partial charge in [-0.15, -0.1) is 0 Å². The van der Waals surface area contributed by atoms with Gasteiger partial charge in [-0.1, -0.05) is 15.9 Å². The number of fused-ring (bicyclic) bond motifs is 2. The summed E-state index contributed by atoms with van der Waals surface area (Å²) < 4.78 is 22.1. The van der Waals surface area contributed by atoms with Crippen molar-refractivity contribution in [3.05, 3.63) is 57.7 Å². The number of carbonyl (C=O) groups excluding carboxylic acids is 1. The number of amides is 1. The summed E-state index contributed by atoms with van der Waals surface area (Å²) in [5.41, 5.74) is 2.99. The van der Waals surface area contributed by atoms with Gasteiger partial charge in [0, 0.05) is 10.7 Å². The number of aryl methyl sites for hydroxylation is 1. The Morgan fingerprint density at radius 2 is 2.19 bits per heavy atom. The summed E-state index contributed by atoms with van der Waals surface area (Å²) in [6, 6.07) is 8.50. The van der Waals surface area contributed by atoms with Crippen molar-refractivity contribution in [3.63, 3.8) is 0 Å². The molecule has 0 saturated heterocycles. The molecule has 0 radical (unpaired) electrons. The molecule has 1 aliphatic rings. The van der Waals surface area contributed by atoms with Crippen LogP contribution in [0.2, 0.25) is 0 Å². The first-order valence-corrected chi connectivity index (χ1v) is 9.03. The SMILES string of the molecule is Cc1nc2ccc(C#N)cn2c1CN1C(=O)[C@@H](C)Oc2c(F)cc(Br)cc21. The van der Waals surface area contributed by atoms with E-state index in [4.69, 9.17) is 4.74 Å². The smallest absolute Gasteiger partial charge is 0.268 e. The maximum Gasteiger partial charge on any atom is 0.268 e. The van der Waals surface area contributed by atoms with Crippen LogP contribution < -0.4 is 9.64 Å². The quantitative estimate of drug-likeness (QED) is 0.623. The second kappa shape index (κ2) is 6.35. The van der Waals surface area contributed by atoms with E-state index in [-0.39, 0.29) is 18.2 Å². The van der Waals surface area contributed by atoms with Crippen LogP contribution in [0, 0.1) is 24.1 Å². The highest BCUT2D eigenvalue weighted by Crippen LogP contribution is 2.39. The molecule has 0 spiro atoms. The van der Waals surface area contributed by atoms with E-state index in [1.165, 1.54) is 11.0 Å². The maximum atomic E-state index is 14.4. The van der Waals surface area contributed by atoms with Crippen molar-refractivity contribution in [1.29, 1.82) is 5.26 Å². The Labute approximate surface area is 162 Å². The fraction of sp³-hybridized carbons (Fsp3) is 0.211. The van der Waals surface area contributed by atoms with Gasteiger partial charge in [-0.05, 0) is 38.1 Å². The van der Waals surface area contributed by atoms with Gasteiger partial charge in [0.15, 0.2) is 17.7 Å². The molecule has 1 aromatic carbocycles. The summed E-state index contributed by atoms with van der Waals surface area (Å²) in [6.07, 6.45) is 0.879. The first kappa shape index (κ1) is 17.5. The number of hydrogen-bond donors (Lipinski definition) is 0. The lowest BCUT2D eigenvalue weighted by atomic mass is 10.1. The van der Waals surface area contributed by atoms with Crippen molar-refractivity contribution in [2.24, 2.45) is 0 Å². The minimum atomic E-state index is -0.803. The van der Waals surface area contributed by atoms with Crippen LogP contribution in [-0.2, 0) is 11.3 Å². The molecular weight excluding hydrogens is 415 g/mol. The molecule has 6 nitrogen and oxygen atoms in total. The number of anilines is 1. The van der Waals surface area contributed by atoms with Gasteiger partial charge in [-0.25, -0.2) is 9.37 Å². The average molecular weight is 429 g/mol. The third-order valence-electron chi connectivity index (χ3n) is 4.54. The van der Waals surface area contributed by atoms with Crippen LogP contribution in [-0.4, -0.2) is 21.4 Å². The topological polar surface area (TPSA) is 70.6 Å². The summed E-state index contributed by atoms with van der Waals surface area (Å²) in [4.78, 5) is 18.8. The highest BCUT2D eigenvalue weighted by atomic mass is 79.9. The van der Waals surface area contributed by atoms with Crippen LogP contribution in [0.5, 0.6) is 5.75 Å². The zero-order valence-corrected chi connectivity index (χ0v) is 16.1. The van der Waals surface area contributed by atoms with Crippen LogP contribution in [0.15, 0.2) is 34.9 Å². The first-order valence-electron chi connectivity index (χ1n) is 8.24. The Hall–Kier alpha value is -2.92. The van der Waals surface area contributed by atoms with E-state index in [1.54, 1.807) is 35.7 Å². The van der Waals surface area contributed by atoms with E-state index in [9.17, 15) is 14.4 Å². The molecule has 3 aromatic rings. The highest BCUT2D eigenvalue weighted by Gasteiger charge is 2.34. The first-order chi connectivity index (χ1) is 12.9. The monoisotopic (exact) mass is 428 g/mol. The number of aromatic nitrogens is 2. The standard InChI is InChI=1S/C19H14BrFN4O2/c1-10-16(24-8-12(7-22)3-4-17(24)23-10)9-25-15-6-13(20)5-14(21)18(15)27-11(2)19(25)26/h3-6,8,11H,9H2,1-2H3/t11-/m1/s1. The molecule has 0 unspecified atom stereocenters. The molecule has 1 amide bonds. The fourth-order valence-corrected chi connectivity index (χ4v) is 3.63. The molecule has 3 heterocycles. The van der Waals surface area contributed by atoms with Gasteiger partial charge in [-0.3, -0.25) is 9.69 Å². The highest BCUT2D eigenvalue weighted by molar-refractivity contribution is 9.10. The number of ether oxygens (including phenoxy) is 1. The minimum absolute atomic E-state index is 0.0505. The van der Waals surface area contributed by atoms with Gasteiger partial charge in [0.2, 0.25) is 0 Å². The Balaban J connectivity index is 1.86. The van der Waals surface area contributed by atoms with Crippen LogP contribution in [0.4, 0.5) is 10.1 Å². The van der Waals surface area contributed by atoms with Crippen molar-refractivity contribution < 1.29 is 13.9 Å². The van der Waals surface area contributed by atoms with Crippen molar-refractivity contribution >= 4 is 33.2 Å². The Bertz CT molecular complexity index is 1130. The van der Waals surface area contributed by atoms with Gasteiger partial charge in [0.1, 0.15) is 11.7 Å². The van der Waals surface area contributed by atoms with E-state index in [0.29, 0.717) is 21.4 Å². The van der Waals surface area contributed by atoms with E-state index in [2.05, 4.69) is 27.0 Å². The molecule has 136 valence electrons. The van der Waals surface area contributed by atoms with Crippen molar-refractivity contribution in [3.8, 4) is 11.8 Å². The predicted octanol–water partition coefficient (Wildman–Crippen LogP) is 3.73. The average Bonchev–Trinajstić information content (AvgIpc) is 2.94. The number of hydrogen-bond acceptors (Lipinski definition) is 4. The molecular formula is C19H14BrFN4O2. The summed E-state index contributed by atoms with van der Waals surface area (Å²) in [5, 5.41) is 9.17. The van der Waals surface area contributed by atoms with Gasteiger partial charge >= 0.3 is 0 Å². The van der Waals surface area contributed by atoms with Gasteiger partial charge in [0.25, 0.3) is 5.91 Å². The van der Waals surface area contributed by atoms with Crippen LogP contribution in [0.3, 0.4) is 0 Å². The predicted molar refractivity (Wildman–Crippen MR) is 100 cm³/mol. The van der Waals surface area contributed by atoms with E-state index < -0.39 is 11.9 Å². The molecule has 0 N–H and O–H groups in total. The summed E-state index contributed by atoms with van der Waals surface area (Å²) in [6.45, 7) is 3.61. The van der Waals surface area contributed by atoms with Crippen LogP contribution in [0.1, 0.15) is 23.9 Å². The lowest BCUT2D eigenvalue weighted by Crippen LogP contribution is -2.44. The molecule has 4 rings (SSSR count). The number of rotatable bonds is 2. The molecule has 0 saturated carbocycles. The number of benzene rings is 1. The van der Waals surface area contributed by atoms with Crippen molar-refractivity contribution in [2.45, 2.75) is 26.5 Å². The molecule has 0 fully saturated rings. The maximum absolute atomic E-state index is 14.4. The fourth-order valence-electron chi connectivity index (χ4n) is 3.21. The Kier molecular flexibility index (Phi) is 4.12. The zero-order valence-electron chi connectivity index (χ0n) is 14.5. The van der Waals surface area contributed by atoms with Crippen molar-refractivity contribution in [1.82, 2.24) is 9.38 Å². The lowest BCUT2D eigenvalue weighted by Gasteiger charge is -2.33. The largest absolute Gasteiger partial charge is 0.476 e. The number of nitrogens with zero attached hydrogens (tertiary/aromatic N) is 4. The normalized spacial score (nSPS) is 16.2.